The third-order valence-corrected chi connectivity index (χ3v) is 2.02. The zero-order valence-corrected chi connectivity index (χ0v) is 5.38. The highest BCUT2D eigenvalue weighted by atomic mass is 16.3. The molecule has 54 valence electrons. The standard InChI is InChI=1S/C6H13NO2/c7-5(8)6(9)3-1-2-4-6/h5,8-9H,1-4,7H2. The molecule has 4 N–H and O–H groups in total. The van der Waals surface area contributed by atoms with Crippen molar-refractivity contribution in [2.24, 2.45) is 5.73 Å². The maximum Gasteiger partial charge on any atom is 0.131 e. The molecule has 0 heterocycles. The van der Waals surface area contributed by atoms with Crippen LogP contribution in [0, 0.1) is 0 Å². The Morgan fingerprint density at radius 2 is 1.78 bits per heavy atom. The largest absolute Gasteiger partial charge is 0.386 e. The fraction of sp³-hybridized carbons (Fsp3) is 1.00. The lowest BCUT2D eigenvalue weighted by molar-refractivity contribution is -0.0663. The van der Waals surface area contributed by atoms with Crippen LogP contribution in [0.2, 0.25) is 0 Å². The van der Waals surface area contributed by atoms with Crippen LogP contribution in [0.4, 0.5) is 0 Å². The molecule has 3 heteroatoms. The molecule has 0 aromatic rings. The van der Waals surface area contributed by atoms with Gasteiger partial charge in [0.15, 0.2) is 0 Å². The van der Waals surface area contributed by atoms with Gasteiger partial charge in [0.25, 0.3) is 0 Å². The molecule has 0 amide bonds. The molecule has 1 unspecified atom stereocenters. The lowest BCUT2D eigenvalue weighted by atomic mass is 10.0. The molecule has 0 aliphatic heterocycles. The van der Waals surface area contributed by atoms with Crippen LogP contribution >= 0.6 is 0 Å². The van der Waals surface area contributed by atoms with Crippen LogP contribution in [0.1, 0.15) is 25.7 Å². The van der Waals surface area contributed by atoms with Crippen molar-refractivity contribution in [3.05, 3.63) is 0 Å². The van der Waals surface area contributed by atoms with E-state index in [9.17, 15) is 5.11 Å². The Morgan fingerprint density at radius 3 is 2.00 bits per heavy atom. The maximum absolute atomic E-state index is 9.39. The average molecular weight is 131 g/mol. The zero-order chi connectivity index (χ0) is 6.91. The lowest BCUT2D eigenvalue weighted by Crippen LogP contribution is -2.45. The van der Waals surface area contributed by atoms with Crippen molar-refractivity contribution in [3.8, 4) is 0 Å². The van der Waals surface area contributed by atoms with Gasteiger partial charge in [0.05, 0.1) is 0 Å². The summed E-state index contributed by atoms with van der Waals surface area (Å²) in [4.78, 5) is 0. The molecule has 1 fully saturated rings. The Hall–Kier alpha value is -0.120. The average Bonchev–Trinajstić information content (AvgIpc) is 2.16. The Labute approximate surface area is 54.5 Å². The van der Waals surface area contributed by atoms with Crippen molar-refractivity contribution < 1.29 is 10.2 Å². The van der Waals surface area contributed by atoms with E-state index in [-0.39, 0.29) is 0 Å². The molecule has 1 aliphatic rings. The van der Waals surface area contributed by atoms with Crippen molar-refractivity contribution >= 4 is 0 Å². The van der Waals surface area contributed by atoms with Crippen LogP contribution in [0.15, 0.2) is 0 Å². The van der Waals surface area contributed by atoms with Gasteiger partial charge in [-0.25, -0.2) is 0 Å². The molecule has 0 radical (unpaired) electrons. The Bertz CT molecular complexity index is 97.2. The van der Waals surface area contributed by atoms with Crippen LogP contribution in [-0.4, -0.2) is 22.0 Å². The van der Waals surface area contributed by atoms with Crippen LogP contribution in [0.5, 0.6) is 0 Å². The van der Waals surface area contributed by atoms with E-state index in [2.05, 4.69) is 0 Å². The number of rotatable bonds is 1. The molecule has 1 saturated carbocycles. The van der Waals surface area contributed by atoms with E-state index < -0.39 is 11.8 Å². The van der Waals surface area contributed by atoms with Gasteiger partial charge in [-0.05, 0) is 12.8 Å². The Kier molecular flexibility index (Phi) is 1.75. The van der Waals surface area contributed by atoms with Gasteiger partial charge in [0, 0.05) is 0 Å². The van der Waals surface area contributed by atoms with E-state index >= 15 is 0 Å². The summed E-state index contributed by atoms with van der Waals surface area (Å²) >= 11 is 0. The Balaban J connectivity index is 2.51. The van der Waals surface area contributed by atoms with Crippen molar-refractivity contribution in [2.45, 2.75) is 37.5 Å². The first kappa shape index (κ1) is 6.99. The molecule has 1 atom stereocenters. The van der Waals surface area contributed by atoms with Gasteiger partial charge in [-0.2, -0.15) is 0 Å². The molecule has 0 spiro atoms. The number of aliphatic hydroxyl groups excluding tert-OH is 1. The molecule has 1 aliphatic carbocycles. The topological polar surface area (TPSA) is 66.5 Å². The van der Waals surface area contributed by atoms with Crippen LogP contribution in [-0.2, 0) is 0 Å². The minimum Gasteiger partial charge on any atom is -0.386 e. The molecular weight excluding hydrogens is 118 g/mol. The van der Waals surface area contributed by atoms with Gasteiger partial charge in [0.2, 0.25) is 0 Å². The highest BCUT2D eigenvalue weighted by Gasteiger charge is 2.36. The molecule has 0 aromatic heterocycles. The summed E-state index contributed by atoms with van der Waals surface area (Å²) in [5, 5.41) is 18.2. The fourth-order valence-corrected chi connectivity index (χ4v) is 1.28. The highest BCUT2D eigenvalue weighted by Crippen LogP contribution is 2.30. The molecule has 0 bridgehead atoms. The van der Waals surface area contributed by atoms with Crippen LogP contribution in [0.25, 0.3) is 0 Å². The summed E-state index contributed by atoms with van der Waals surface area (Å²) in [5.41, 5.74) is 4.17. The normalized spacial score (nSPS) is 28.3. The number of hydrogen-bond donors (Lipinski definition) is 3. The molecule has 0 aromatic carbocycles. The third-order valence-electron chi connectivity index (χ3n) is 2.02. The molecule has 0 saturated heterocycles. The summed E-state index contributed by atoms with van der Waals surface area (Å²) in [6.45, 7) is 0. The summed E-state index contributed by atoms with van der Waals surface area (Å²) in [6, 6.07) is 0. The highest BCUT2D eigenvalue weighted by molar-refractivity contribution is 4.87. The summed E-state index contributed by atoms with van der Waals surface area (Å²) in [7, 11) is 0. The summed E-state index contributed by atoms with van der Waals surface area (Å²) in [5.74, 6) is 0. The molecular formula is C6H13NO2. The summed E-state index contributed by atoms with van der Waals surface area (Å²) in [6.07, 6.45) is 2.19. The minimum absolute atomic E-state index is 0.644. The van der Waals surface area contributed by atoms with Gasteiger partial charge in [-0.15, -0.1) is 0 Å². The van der Waals surface area contributed by atoms with Crippen LogP contribution in [0.3, 0.4) is 0 Å². The number of hydrogen-bond acceptors (Lipinski definition) is 3. The quantitative estimate of drug-likeness (QED) is 0.423. The van der Waals surface area contributed by atoms with Crippen molar-refractivity contribution in [1.29, 1.82) is 0 Å². The zero-order valence-electron chi connectivity index (χ0n) is 5.38. The monoisotopic (exact) mass is 131 g/mol. The van der Waals surface area contributed by atoms with E-state index in [4.69, 9.17) is 10.8 Å². The van der Waals surface area contributed by atoms with Crippen molar-refractivity contribution in [2.75, 3.05) is 0 Å². The Morgan fingerprint density at radius 1 is 1.33 bits per heavy atom. The van der Waals surface area contributed by atoms with E-state index in [0.717, 1.165) is 12.8 Å². The molecule has 9 heavy (non-hydrogen) atoms. The first-order chi connectivity index (χ1) is 4.15. The first-order valence-electron chi connectivity index (χ1n) is 3.31. The SMILES string of the molecule is NC(O)C1(O)CCCC1. The second-order valence-electron chi connectivity index (χ2n) is 2.76. The van der Waals surface area contributed by atoms with E-state index in [1.807, 2.05) is 0 Å². The fourth-order valence-electron chi connectivity index (χ4n) is 1.28. The van der Waals surface area contributed by atoms with Crippen molar-refractivity contribution in [1.82, 2.24) is 0 Å². The lowest BCUT2D eigenvalue weighted by Gasteiger charge is -2.24. The molecule has 1 rings (SSSR count). The van der Waals surface area contributed by atoms with Gasteiger partial charge in [-0.3, -0.25) is 0 Å². The van der Waals surface area contributed by atoms with Gasteiger partial charge in [0.1, 0.15) is 11.8 Å². The molecule has 3 nitrogen and oxygen atoms in total. The maximum atomic E-state index is 9.39. The second kappa shape index (κ2) is 2.25. The first-order valence-corrected chi connectivity index (χ1v) is 3.31. The van der Waals surface area contributed by atoms with E-state index in [1.54, 1.807) is 0 Å². The predicted molar refractivity (Wildman–Crippen MR) is 33.6 cm³/mol. The third kappa shape index (κ3) is 1.23. The van der Waals surface area contributed by atoms with Crippen molar-refractivity contribution in [3.63, 3.8) is 0 Å². The minimum atomic E-state index is -1.06. The van der Waals surface area contributed by atoms with Gasteiger partial charge < -0.3 is 15.9 Å². The van der Waals surface area contributed by atoms with E-state index in [0.29, 0.717) is 12.8 Å². The van der Waals surface area contributed by atoms with Gasteiger partial charge >= 0.3 is 0 Å². The summed E-state index contributed by atoms with van der Waals surface area (Å²) < 4.78 is 0. The van der Waals surface area contributed by atoms with E-state index in [1.165, 1.54) is 0 Å². The number of nitrogens with two attached hydrogens (primary N) is 1. The van der Waals surface area contributed by atoms with Crippen LogP contribution < -0.4 is 5.73 Å². The van der Waals surface area contributed by atoms with Gasteiger partial charge in [-0.1, -0.05) is 12.8 Å². The predicted octanol–water partition coefficient (Wildman–Crippen LogP) is -0.431. The number of aliphatic hydroxyl groups is 2. The smallest absolute Gasteiger partial charge is 0.131 e. The second-order valence-corrected chi connectivity index (χ2v) is 2.76.